The van der Waals surface area contributed by atoms with E-state index in [9.17, 15) is 28.3 Å². The molecule has 2 aliphatic rings. The Morgan fingerprint density at radius 2 is 1.81 bits per heavy atom. The maximum Gasteiger partial charge on any atom is 0.293 e. The summed E-state index contributed by atoms with van der Waals surface area (Å²) in [6, 6.07) is 9.89. The first kappa shape index (κ1) is 29.8. The second kappa shape index (κ2) is 12.7. The Balaban J connectivity index is 1.16. The van der Waals surface area contributed by atoms with Crippen molar-refractivity contribution >= 4 is 46.5 Å². The summed E-state index contributed by atoms with van der Waals surface area (Å²) in [5, 5.41) is 15.7. The van der Waals surface area contributed by atoms with Crippen molar-refractivity contribution in [2.45, 2.75) is 18.6 Å². The van der Waals surface area contributed by atoms with Crippen LogP contribution in [0.4, 0.5) is 13.6 Å². The quantitative estimate of drug-likeness (QED) is 0.364. The van der Waals surface area contributed by atoms with Crippen molar-refractivity contribution < 1.29 is 28.3 Å². The minimum absolute atomic E-state index is 0.00811. The zero-order valence-electron chi connectivity index (χ0n) is 22.3. The first-order chi connectivity index (χ1) is 20.1. The van der Waals surface area contributed by atoms with E-state index in [0.717, 1.165) is 34.4 Å². The number of halogens is 3. The molecule has 0 aliphatic carbocycles. The minimum atomic E-state index is -1.75. The van der Waals surface area contributed by atoms with E-state index < -0.39 is 28.4 Å². The normalized spacial score (nSPS) is 18.6. The Bertz CT molecular complexity index is 1500. The molecule has 2 saturated heterocycles. The summed E-state index contributed by atoms with van der Waals surface area (Å²) in [5.41, 5.74) is -1.09. The first-order valence-corrected chi connectivity index (χ1v) is 14.3. The number of rotatable bonds is 9. The maximum atomic E-state index is 14.7. The number of imide groups is 1. The summed E-state index contributed by atoms with van der Waals surface area (Å²) >= 11 is 6.73. The fourth-order valence-corrected chi connectivity index (χ4v) is 5.95. The van der Waals surface area contributed by atoms with E-state index in [1.807, 2.05) is 4.90 Å². The average molecular weight is 617 g/mol. The van der Waals surface area contributed by atoms with Gasteiger partial charge in [-0.05, 0) is 41.6 Å². The number of carbonyl (C=O) groups is 3. The van der Waals surface area contributed by atoms with Gasteiger partial charge in [0.15, 0.2) is 0 Å². The third-order valence-electron chi connectivity index (χ3n) is 7.12. The van der Waals surface area contributed by atoms with E-state index in [1.54, 1.807) is 35.2 Å². The minimum Gasteiger partial charge on any atom is -0.382 e. The second-order valence-corrected chi connectivity index (χ2v) is 11.5. The highest BCUT2D eigenvalue weighted by Crippen LogP contribution is 2.33. The molecular weight excluding hydrogens is 590 g/mol. The van der Waals surface area contributed by atoms with Crippen LogP contribution in [0, 0.1) is 11.6 Å². The Kier molecular flexibility index (Phi) is 9.02. The summed E-state index contributed by atoms with van der Waals surface area (Å²) < 4.78 is 29.7. The predicted octanol–water partition coefficient (Wildman–Crippen LogP) is 3.37. The monoisotopic (exact) mass is 616 g/mol. The molecule has 0 bridgehead atoms. The summed E-state index contributed by atoms with van der Waals surface area (Å²) in [5.74, 6) is -2.28. The molecule has 1 N–H and O–H groups in total. The van der Waals surface area contributed by atoms with Crippen molar-refractivity contribution in [3.8, 4) is 0 Å². The predicted molar refractivity (Wildman–Crippen MR) is 152 cm³/mol. The highest BCUT2D eigenvalue weighted by Gasteiger charge is 2.38. The number of aromatic nitrogens is 3. The summed E-state index contributed by atoms with van der Waals surface area (Å²) in [7, 11) is 0. The van der Waals surface area contributed by atoms with Gasteiger partial charge in [0.25, 0.3) is 11.1 Å². The largest absolute Gasteiger partial charge is 0.382 e. The number of hydrogen-bond acceptors (Lipinski definition) is 8. The SMILES string of the molecule is O=C(CCN1C(=O)SC(=Cc2ccc(Cl)cc2)C1=O)N1CCN(CC(O)(Cn2cncn2)c2ccc(F)cc2F)CC1. The van der Waals surface area contributed by atoms with Gasteiger partial charge >= 0.3 is 0 Å². The average Bonchev–Trinajstić information content (AvgIpc) is 3.55. The van der Waals surface area contributed by atoms with Crippen LogP contribution < -0.4 is 0 Å². The lowest BCUT2D eigenvalue weighted by Crippen LogP contribution is -2.53. The van der Waals surface area contributed by atoms with Crippen LogP contribution in [0.25, 0.3) is 6.08 Å². The molecule has 220 valence electrons. The molecule has 3 amide bonds. The molecule has 3 aromatic rings. The van der Waals surface area contributed by atoms with Gasteiger partial charge in [-0.3, -0.25) is 24.2 Å². The molecule has 2 aromatic carbocycles. The van der Waals surface area contributed by atoms with Gasteiger partial charge < -0.3 is 10.0 Å². The molecule has 42 heavy (non-hydrogen) atoms. The number of hydrogen-bond donors (Lipinski definition) is 1. The molecule has 1 atom stereocenters. The van der Waals surface area contributed by atoms with Gasteiger partial charge in [-0.1, -0.05) is 29.8 Å². The zero-order valence-corrected chi connectivity index (χ0v) is 23.9. The molecule has 10 nitrogen and oxygen atoms in total. The van der Waals surface area contributed by atoms with Gasteiger partial charge in [-0.2, -0.15) is 5.10 Å². The standard InChI is InChI=1S/C28H27ClF2N6O4S/c29-20-3-1-19(2-4-20)13-24-26(39)37(27(40)42-24)8-7-25(38)35-11-9-34(10-12-35)15-28(41,16-36-18-32-17-33-36)22-6-5-21(30)14-23(22)31/h1-6,13-14,17-18,41H,7-12,15-16H2. The maximum absolute atomic E-state index is 14.7. The van der Waals surface area contributed by atoms with E-state index in [-0.39, 0.29) is 42.4 Å². The zero-order chi connectivity index (χ0) is 29.9. The summed E-state index contributed by atoms with van der Waals surface area (Å²) in [4.78, 5) is 47.0. The van der Waals surface area contributed by atoms with E-state index in [4.69, 9.17) is 11.6 Å². The third kappa shape index (κ3) is 6.86. The van der Waals surface area contributed by atoms with Crippen LogP contribution in [0.2, 0.25) is 5.02 Å². The number of carbonyl (C=O) groups excluding carboxylic acids is 3. The van der Waals surface area contributed by atoms with Gasteiger partial charge in [0.2, 0.25) is 5.91 Å². The molecule has 2 fully saturated rings. The number of thioether (sulfide) groups is 1. The highest BCUT2D eigenvalue weighted by atomic mass is 35.5. The number of amides is 3. The van der Waals surface area contributed by atoms with Crippen LogP contribution in [0.3, 0.4) is 0 Å². The molecular formula is C28H27ClF2N6O4S. The molecule has 14 heteroatoms. The first-order valence-electron chi connectivity index (χ1n) is 13.1. The molecule has 0 saturated carbocycles. The summed E-state index contributed by atoms with van der Waals surface area (Å²) in [6.45, 7) is 1.31. The van der Waals surface area contributed by atoms with E-state index >= 15 is 0 Å². The number of β-amino-alcohol motifs (C(OH)–C–C–N with tert-alkyl or cyclic N) is 1. The number of benzene rings is 2. The van der Waals surface area contributed by atoms with Crippen molar-refractivity contribution in [2.24, 2.45) is 0 Å². The van der Waals surface area contributed by atoms with Crippen LogP contribution in [0.5, 0.6) is 0 Å². The van der Waals surface area contributed by atoms with Crippen LogP contribution in [-0.4, -0.2) is 90.9 Å². The van der Waals surface area contributed by atoms with Crippen molar-refractivity contribution in [2.75, 3.05) is 39.3 Å². The van der Waals surface area contributed by atoms with Crippen molar-refractivity contribution in [3.63, 3.8) is 0 Å². The number of nitrogens with zero attached hydrogens (tertiary/aromatic N) is 6. The smallest absolute Gasteiger partial charge is 0.293 e. The number of aliphatic hydroxyl groups is 1. The fraction of sp³-hybridized carbons (Fsp3) is 0.321. The molecule has 1 aromatic heterocycles. The van der Waals surface area contributed by atoms with Crippen molar-refractivity contribution in [3.05, 3.63) is 87.8 Å². The van der Waals surface area contributed by atoms with Crippen LogP contribution in [-0.2, 0) is 21.7 Å². The Morgan fingerprint density at radius 1 is 1.07 bits per heavy atom. The van der Waals surface area contributed by atoms with Gasteiger partial charge in [0.1, 0.15) is 29.9 Å². The van der Waals surface area contributed by atoms with Gasteiger partial charge in [-0.15, -0.1) is 0 Å². The van der Waals surface area contributed by atoms with Crippen LogP contribution in [0.15, 0.2) is 60.0 Å². The Morgan fingerprint density at radius 3 is 2.48 bits per heavy atom. The topological polar surface area (TPSA) is 112 Å². The molecule has 5 rings (SSSR count). The second-order valence-electron chi connectivity index (χ2n) is 10.0. The fourth-order valence-electron chi connectivity index (χ4n) is 4.96. The molecule has 2 aliphatic heterocycles. The lowest BCUT2D eigenvalue weighted by molar-refractivity contribution is -0.134. The van der Waals surface area contributed by atoms with Crippen molar-refractivity contribution in [1.29, 1.82) is 0 Å². The van der Waals surface area contributed by atoms with Gasteiger partial charge in [0.05, 0.1) is 11.4 Å². The Hall–Kier alpha value is -3.65. The lowest BCUT2D eigenvalue weighted by atomic mass is 9.92. The highest BCUT2D eigenvalue weighted by molar-refractivity contribution is 8.18. The lowest BCUT2D eigenvalue weighted by Gasteiger charge is -2.39. The van der Waals surface area contributed by atoms with E-state index in [0.29, 0.717) is 31.2 Å². The number of piperazine rings is 1. The molecule has 0 radical (unpaired) electrons. The summed E-state index contributed by atoms with van der Waals surface area (Å²) in [6.07, 6.45) is 4.28. The van der Waals surface area contributed by atoms with Crippen LogP contribution in [0.1, 0.15) is 17.5 Å². The molecule has 0 spiro atoms. The van der Waals surface area contributed by atoms with E-state index in [2.05, 4.69) is 10.1 Å². The van der Waals surface area contributed by atoms with Gasteiger partial charge in [-0.25, -0.2) is 18.4 Å². The Labute approximate surface area is 249 Å². The van der Waals surface area contributed by atoms with E-state index in [1.165, 1.54) is 23.4 Å². The van der Waals surface area contributed by atoms with Gasteiger partial charge in [0, 0.05) is 62.3 Å². The molecule has 3 heterocycles. The molecule has 1 unspecified atom stereocenters. The van der Waals surface area contributed by atoms with Crippen molar-refractivity contribution in [1.82, 2.24) is 29.5 Å². The third-order valence-corrected chi connectivity index (χ3v) is 8.28. The van der Waals surface area contributed by atoms with Crippen LogP contribution >= 0.6 is 23.4 Å².